The number of aromatic amines is 1. The number of ether oxygens (including phenoxy) is 1. The van der Waals surface area contributed by atoms with E-state index in [4.69, 9.17) is 10.5 Å². The third kappa shape index (κ3) is 3.39. The maximum absolute atomic E-state index is 12.1. The normalized spacial score (nSPS) is 9.85. The van der Waals surface area contributed by atoms with Crippen LogP contribution in [0.2, 0.25) is 0 Å². The topological polar surface area (TPSA) is 133 Å². The summed E-state index contributed by atoms with van der Waals surface area (Å²) in [6.07, 6.45) is 0. The van der Waals surface area contributed by atoms with Gasteiger partial charge in [-0.1, -0.05) is 30.3 Å². The lowest BCUT2D eigenvalue weighted by Crippen LogP contribution is -2.16. The van der Waals surface area contributed by atoms with Crippen LogP contribution in [0.15, 0.2) is 59.4 Å². The van der Waals surface area contributed by atoms with Gasteiger partial charge in [0.2, 0.25) is 0 Å². The van der Waals surface area contributed by atoms with E-state index in [0.29, 0.717) is 11.1 Å². The van der Waals surface area contributed by atoms with Crippen LogP contribution in [0, 0.1) is 22.7 Å². The molecule has 27 heavy (non-hydrogen) atoms. The highest BCUT2D eigenvalue weighted by Gasteiger charge is 2.18. The van der Waals surface area contributed by atoms with Crippen LogP contribution in [0.3, 0.4) is 0 Å². The summed E-state index contributed by atoms with van der Waals surface area (Å²) >= 11 is 0. The SMILES string of the molecule is N#Cc1c(N)[nH]c(=O)c(C#N)c1-c1ccc(OC(=O)c2ccccc2)cc1. The van der Waals surface area contributed by atoms with Crippen molar-refractivity contribution in [1.82, 2.24) is 4.98 Å². The van der Waals surface area contributed by atoms with Crippen molar-refractivity contribution in [2.75, 3.05) is 5.73 Å². The Hall–Kier alpha value is -4.36. The van der Waals surface area contributed by atoms with E-state index in [1.54, 1.807) is 48.5 Å². The number of nitrogens with two attached hydrogens (primary N) is 1. The third-order valence-electron chi connectivity index (χ3n) is 3.83. The molecule has 0 amide bonds. The van der Waals surface area contributed by atoms with Crippen molar-refractivity contribution in [3.8, 4) is 29.0 Å². The minimum Gasteiger partial charge on any atom is -0.423 e. The predicted molar refractivity (Wildman–Crippen MR) is 97.7 cm³/mol. The van der Waals surface area contributed by atoms with Crippen molar-refractivity contribution in [1.29, 1.82) is 10.5 Å². The Morgan fingerprint density at radius 2 is 1.59 bits per heavy atom. The van der Waals surface area contributed by atoms with Crippen molar-refractivity contribution in [2.45, 2.75) is 0 Å². The fourth-order valence-electron chi connectivity index (χ4n) is 2.56. The van der Waals surface area contributed by atoms with Gasteiger partial charge < -0.3 is 15.5 Å². The summed E-state index contributed by atoms with van der Waals surface area (Å²) in [4.78, 5) is 26.3. The number of benzene rings is 2. The molecule has 0 radical (unpaired) electrons. The lowest BCUT2D eigenvalue weighted by molar-refractivity contribution is 0.0735. The van der Waals surface area contributed by atoms with Crippen LogP contribution >= 0.6 is 0 Å². The quantitative estimate of drug-likeness (QED) is 0.547. The van der Waals surface area contributed by atoms with Crippen LogP contribution < -0.4 is 16.0 Å². The van der Waals surface area contributed by atoms with Crippen molar-refractivity contribution in [2.24, 2.45) is 0 Å². The molecule has 3 rings (SSSR count). The minimum absolute atomic E-state index is 0.000167. The first-order valence-corrected chi connectivity index (χ1v) is 7.78. The van der Waals surface area contributed by atoms with Crippen LogP contribution in [0.1, 0.15) is 21.5 Å². The van der Waals surface area contributed by atoms with E-state index in [1.165, 1.54) is 12.1 Å². The molecule has 1 aromatic heterocycles. The van der Waals surface area contributed by atoms with Crippen molar-refractivity contribution in [3.63, 3.8) is 0 Å². The minimum atomic E-state index is -0.677. The molecule has 0 fully saturated rings. The van der Waals surface area contributed by atoms with E-state index < -0.39 is 11.5 Å². The summed E-state index contributed by atoms with van der Waals surface area (Å²) < 4.78 is 5.29. The maximum atomic E-state index is 12.1. The number of aromatic nitrogens is 1. The van der Waals surface area contributed by atoms with Crippen LogP contribution in [-0.4, -0.2) is 11.0 Å². The van der Waals surface area contributed by atoms with E-state index >= 15 is 0 Å². The molecule has 0 aliphatic rings. The number of nitrogens with zero attached hydrogens (tertiary/aromatic N) is 2. The summed E-state index contributed by atoms with van der Waals surface area (Å²) in [6, 6.07) is 18.3. The van der Waals surface area contributed by atoms with E-state index in [1.807, 2.05) is 6.07 Å². The molecule has 1 heterocycles. The van der Waals surface area contributed by atoms with Gasteiger partial charge >= 0.3 is 5.97 Å². The first-order chi connectivity index (χ1) is 13.0. The summed E-state index contributed by atoms with van der Waals surface area (Å²) in [5, 5.41) is 18.6. The van der Waals surface area contributed by atoms with Crippen molar-refractivity contribution < 1.29 is 9.53 Å². The van der Waals surface area contributed by atoms with Gasteiger partial charge in [0.25, 0.3) is 5.56 Å². The molecule has 7 nitrogen and oxygen atoms in total. The number of nitrogen functional groups attached to an aromatic ring is 1. The van der Waals surface area contributed by atoms with Gasteiger partial charge in [-0.25, -0.2) is 4.79 Å². The highest BCUT2D eigenvalue weighted by Crippen LogP contribution is 2.29. The number of pyridine rings is 1. The van der Waals surface area contributed by atoms with Crippen molar-refractivity contribution in [3.05, 3.63) is 81.6 Å². The molecule has 0 saturated heterocycles. The molecule has 7 heteroatoms. The van der Waals surface area contributed by atoms with Gasteiger partial charge in [0.15, 0.2) is 0 Å². The van der Waals surface area contributed by atoms with E-state index in [0.717, 1.165) is 0 Å². The second kappa shape index (κ2) is 7.26. The summed E-state index contributed by atoms with van der Waals surface area (Å²) in [5.41, 5.74) is 5.78. The predicted octanol–water partition coefficient (Wildman–Crippen LogP) is 2.59. The van der Waals surface area contributed by atoms with Gasteiger partial charge in [-0.05, 0) is 29.8 Å². The number of carbonyl (C=O) groups is 1. The molecule has 3 N–H and O–H groups in total. The lowest BCUT2D eigenvalue weighted by atomic mass is 9.96. The molecular weight excluding hydrogens is 344 g/mol. The Kier molecular flexibility index (Phi) is 4.69. The molecule has 3 aromatic rings. The highest BCUT2D eigenvalue weighted by atomic mass is 16.5. The molecule has 0 atom stereocenters. The number of hydrogen-bond donors (Lipinski definition) is 2. The van der Waals surface area contributed by atoms with E-state index in [2.05, 4.69) is 4.98 Å². The molecule has 0 aliphatic heterocycles. The Morgan fingerprint density at radius 1 is 0.963 bits per heavy atom. The zero-order valence-corrected chi connectivity index (χ0v) is 13.9. The van der Waals surface area contributed by atoms with Gasteiger partial charge in [0.1, 0.15) is 34.8 Å². The average molecular weight is 356 g/mol. The monoisotopic (exact) mass is 356 g/mol. The molecule has 0 aliphatic carbocycles. The highest BCUT2D eigenvalue weighted by molar-refractivity contribution is 5.91. The Bertz CT molecular complexity index is 1150. The number of nitriles is 2. The molecule has 130 valence electrons. The standard InChI is InChI=1S/C20H12N4O3/c21-10-15-17(16(11-22)19(25)24-18(15)23)12-6-8-14(9-7-12)27-20(26)13-4-2-1-3-5-13/h1-9H,(H3,23,24,25). The molecule has 0 spiro atoms. The van der Waals surface area contributed by atoms with E-state index in [-0.39, 0.29) is 28.3 Å². The Morgan fingerprint density at radius 3 is 2.19 bits per heavy atom. The van der Waals surface area contributed by atoms with Gasteiger partial charge in [-0.3, -0.25) is 4.79 Å². The van der Waals surface area contributed by atoms with Gasteiger partial charge in [0.05, 0.1) is 5.56 Å². The molecule has 2 aromatic carbocycles. The maximum Gasteiger partial charge on any atom is 0.343 e. The second-order valence-electron chi connectivity index (χ2n) is 5.50. The van der Waals surface area contributed by atoms with Gasteiger partial charge in [0, 0.05) is 5.56 Å². The zero-order chi connectivity index (χ0) is 19.4. The second-order valence-corrected chi connectivity index (χ2v) is 5.50. The van der Waals surface area contributed by atoms with Gasteiger partial charge in [-0.2, -0.15) is 10.5 Å². The first-order valence-electron chi connectivity index (χ1n) is 7.78. The fraction of sp³-hybridized carbons (Fsp3) is 0. The number of hydrogen-bond acceptors (Lipinski definition) is 6. The lowest BCUT2D eigenvalue weighted by Gasteiger charge is -2.10. The van der Waals surface area contributed by atoms with Crippen LogP contribution in [0.5, 0.6) is 5.75 Å². The molecule has 0 saturated carbocycles. The number of rotatable bonds is 3. The largest absolute Gasteiger partial charge is 0.423 e. The van der Waals surface area contributed by atoms with Crippen LogP contribution in [0.4, 0.5) is 5.82 Å². The Balaban J connectivity index is 1.98. The number of nitrogens with one attached hydrogen (secondary N) is 1. The summed E-state index contributed by atoms with van der Waals surface area (Å²) in [6.45, 7) is 0. The molecule has 0 bridgehead atoms. The van der Waals surface area contributed by atoms with Crippen molar-refractivity contribution >= 4 is 11.8 Å². The average Bonchev–Trinajstić information content (AvgIpc) is 2.69. The number of carbonyl (C=O) groups excluding carboxylic acids is 1. The first kappa shape index (κ1) is 17.5. The number of anilines is 1. The fourth-order valence-corrected chi connectivity index (χ4v) is 2.56. The smallest absolute Gasteiger partial charge is 0.343 e. The zero-order valence-electron chi connectivity index (χ0n) is 13.9. The van der Waals surface area contributed by atoms with Gasteiger partial charge in [-0.15, -0.1) is 0 Å². The Labute approximate surface area is 153 Å². The molecule has 0 unspecified atom stereocenters. The van der Waals surface area contributed by atoms with E-state index in [9.17, 15) is 20.1 Å². The number of esters is 1. The molecular formula is C20H12N4O3. The summed E-state index contributed by atoms with van der Waals surface area (Å²) in [5.74, 6) is -0.349. The summed E-state index contributed by atoms with van der Waals surface area (Å²) in [7, 11) is 0. The third-order valence-corrected chi connectivity index (χ3v) is 3.83. The van der Waals surface area contributed by atoms with Crippen LogP contribution in [-0.2, 0) is 0 Å². The van der Waals surface area contributed by atoms with Crippen LogP contribution in [0.25, 0.3) is 11.1 Å². The number of H-pyrrole nitrogens is 1.